The van der Waals surface area contributed by atoms with E-state index in [-0.39, 0.29) is 16.2 Å². The molecule has 0 atom stereocenters. The van der Waals surface area contributed by atoms with E-state index < -0.39 is 11.7 Å². The Morgan fingerprint density at radius 1 is 0.927 bits per heavy atom. The zero-order valence-corrected chi connectivity index (χ0v) is 23.8. The molecule has 4 aromatic rings. The molecular formula is C33H33F3N4O. The number of aryl methyl sites for hydroxylation is 3. The lowest BCUT2D eigenvalue weighted by atomic mass is 9.63. The number of aromatic nitrogens is 3. The van der Waals surface area contributed by atoms with Gasteiger partial charge in [0.2, 0.25) is 0 Å². The van der Waals surface area contributed by atoms with Crippen LogP contribution in [0, 0.1) is 26.2 Å². The van der Waals surface area contributed by atoms with Crippen molar-refractivity contribution in [1.82, 2.24) is 15.1 Å². The molecule has 7 rings (SSSR count). The highest BCUT2D eigenvalue weighted by Crippen LogP contribution is 2.58. The van der Waals surface area contributed by atoms with Gasteiger partial charge in [0.15, 0.2) is 5.76 Å². The molecular weight excluding hydrogens is 525 g/mol. The van der Waals surface area contributed by atoms with Gasteiger partial charge in [-0.05, 0) is 99.3 Å². The van der Waals surface area contributed by atoms with Gasteiger partial charge in [0.1, 0.15) is 5.69 Å². The number of anilines is 1. The number of halogens is 3. The fraction of sp³-hybridized carbons (Fsp3) is 0.424. The van der Waals surface area contributed by atoms with E-state index in [9.17, 15) is 13.2 Å². The molecule has 4 heterocycles. The molecule has 0 bridgehead atoms. The Morgan fingerprint density at radius 2 is 1.61 bits per heavy atom. The van der Waals surface area contributed by atoms with E-state index in [2.05, 4.69) is 46.9 Å². The molecule has 1 spiro atoms. The van der Waals surface area contributed by atoms with Crippen molar-refractivity contribution < 1.29 is 17.7 Å². The third kappa shape index (κ3) is 4.34. The van der Waals surface area contributed by atoms with Crippen LogP contribution in [0.25, 0.3) is 27.7 Å². The quantitative estimate of drug-likeness (QED) is 0.252. The Morgan fingerprint density at radius 3 is 2.24 bits per heavy atom. The maximum Gasteiger partial charge on any atom is 0.417 e. The first-order valence-electron chi connectivity index (χ1n) is 14.3. The second kappa shape index (κ2) is 8.91. The highest BCUT2D eigenvalue weighted by Gasteiger charge is 2.49. The number of rotatable bonds is 4. The van der Waals surface area contributed by atoms with Crippen LogP contribution in [-0.4, -0.2) is 28.2 Å². The number of alkyl halides is 3. The third-order valence-corrected chi connectivity index (χ3v) is 9.50. The predicted octanol–water partition coefficient (Wildman–Crippen LogP) is 8.35. The number of benzene rings is 1. The fourth-order valence-electron chi connectivity index (χ4n) is 6.85. The van der Waals surface area contributed by atoms with Crippen LogP contribution < -0.4 is 4.90 Å². The van der Waals surface area contributed by atoms with E-state index in [0.29, 0.717) is 11.2 Å². The summed E-state index contributed by atoms with van der Waals surface area (Å²) in [4.78, 5) is 10.9. The molecule has 0 N–H and O–H groups in total. The average Bonchev–Trinajstić information content (AvgIpc) is 3.50. The highest BCUT2D eigenvalue weighted by molar-refractivity contribution is 5.87. The number of allylic oxidation sites excluding steroid dienone is 2. The standard InChI is InChI=1S/C33H33F3N4O/c1-19-17-37-18-20(2)27(19)29-28(30(41-39-29)31(4)7-8-31)22-15-32(16-22)9-11-40(12-10-32)23-5-6-26-24(14-23)25(33(34,35)36)13-21(3)38-26/h5-6,13-15,17-18H,7-12,16H2,1-4H3. The highest BCUT2D eigenvalue weighted by atomic mass is 19.4. The molecule has 1 aromatic carbocycles. The summed E-state index contributed by atoms with van der Waals surface area (Å²) >= 11 is 0. The third-order valence-electron chi connectivity index (χ3n) is 9.50. The first-order valence-corrected chi connectivity index (χ1v) is 14.3. The van der Waals surface area contributed by atoms with Crippen LogP contribution in [0.3, 0.4) is 0 Å². The van der Waals surface area contributed by atoms with E-state index in [4.69, 9.17) is 4.52 Å². The summed E-state index contributed by atoms with van der Waals surface area (Å²) in [6, 6.07) is 6.42. The van der Waals surface area contributed by atoms with Crippen molar-refractivity contribution in [2.75, 3.05) is 18.0 Å². The Balaban J connectivity index is 1.17. The van der Waals surface area contributed by atoms with Crippen LogP contribution in [0.1, 0.15) is 72.7 Å². The van der Waals surface area contributed by atoms with Gasteiger partial charge in [-0.3, -0.25) is 9.97 Å². The molecule has 1 saturated heterocycles. The van der Waals surface area contributed by atoms with Crippen LogP contribution in [0.5, 0.6) is 0 Å². The molecule has 5 nitrogen and oxygen atoms in total. The summed E-state index contributed by atoms with van der Waals surface area (Å²) in [7, 11) is 0. The van der Waals surface area contributed by atoms with Crippen LogP contribution in [-0.2, 0) is 11.6 Å². The minimum absolute atomic E-state index is 0.0428. The molecule has 2 fully saturated rings. The van der Waals surface area contributed by atoms with E-state index in [1.54, 1.807) is 19.1 Å². The largest absolute Gasteiger partial charge is 0.417 e. The first-order chi connectivity index (χ1) is 19.5. The van der Waals surface area contributed by atoms with Crippen LogP contribution in [0.15, 0.2) is 47.3 Å². The Kier molecular flexibility index (Phi) is 5.70. The molecule has 0 amide bonds. The van der Waals surface area contributed by atoms with Crippen molar-refractivity contribution in [1.29, 1.82) is 0 Å². The second-order valence-corrected chi connectivity index (χ2v) is 12.7. The van der Waals surface area contributed by atoms with Gasteiger partial charge in [-0.25, -0.2) is 0 Å². The minimum Gasteiger partial charge on any atom is -0.371 e. The summed E-state index contributed by atoms with van der Waals surface area (Å²) in [5, 5.41) is 4.78. The summed E-state index contributed by atoms with van der Waals surface area (Å²) in [5.41, 5.74) is 7.75. The van der Waals surface area contributed by atoms with Crippen LogP contribution >= 0.6 is 0 Å². The fourth-order valence-corrected chi connectivity index (χ4v) is 6.85. The SMILES string of the molecule is Cc1cc(C(F)(F)F)c2cc(N3CCC4(C=C(c5c(-c6c(C)cncc6C)noc5C5(C)CC5)C4)CC3)ccc2n1. The minimum atomic E-state index is -4.42. The van der Waals surface area contributed by atoms with E-state index in [1.807, 2.05) is 18.5 Å². The van der Waals surface area contributed by atoms with Gasteiger partial charge in [0.05, 0.1) is 11.1 Å². The topological polar surface area (TPSA) is 55.1 Å². The molecule has 41 heavy (non-hydrogen) atoms. The zero-order chi connectivity index (χ0) is 28.7. The molecule has 1 aliphatic heterocycles. The van der Waals surface area contributed by atoms with Crippen LogP contribution in [0.4, 0.5) is 18.9 Å². The van der Waals surface area contributed by atoms with Gasteiger partial charge in [0, 0.05) is 58.8 Å². The Labute approximate surface area is 237 Å². The van der Waals surface area contributed by atoms with Crippen molar-refractivity contribution in [3.8, 4) is 11.3 Å². The molecule has 0 unspecified atom stereocenters. The van der Waals surface area contributed by atoms with Gasteiger partial charge in [-0.1, -0.05) is 18.2 Å². The van der Waals surface area contributed by atoms with Gasteiger partial charge >= 0.3 is 6.18 Å². The van der Waals surface area contributed by atoms with Gasteiger partial charge in [-0.15, -0.1) is 0 Å². The monoisotopic (exact) mass is 558 g/mol. The zero-order valence-electron chi connectivity index (χ0n) is 23.8. The molecule has 3 aliphatic rings. The summed E-state index contributed by atoms with van der Waals surface area (Å²) in [6.45, 7) is 9.58. The lowest BCUT2D eigenvalue weighted by Gasteiger charge is -2.47. The molecule has 0 radical (unpaired) electrons. The molecule has 8 heteroatoms. The summed E-state index contributed by atoms with van der Waals surface area (Å²) in [6.07, 6.45) is 6.84. The first kappa shape index (κ1) is 26.2. The van der Waals surface area contributed by atoms with Crippen molar-refractivity contribution in [2.45, 2.75) is 71.4 Å². The van der Waals surface area contributed by atoms with Gasteiger partial charge in [0.25, 0.3) is 0 Å². The smallest absolute Gasteiger partial charge is 0.371 e. The van der Waals surface area contributed by atoms with Crippen molar-refractivity contribution >= 4 is 22.2 Å². The Bertz CT molecular complexity index is 1700. The summed E-state index contributed by atoms with van der Waals surface area (Å²) < 4.78 is 47.5. The maximum atomic E-state index is 13.8. The lowest BCUT2D eigenvalue weighted by Crippen LogP contribution is -2.42. The number of pyridine rings is 2. The summed E-state index contributed by atoms with van der Waals surface area (Å²) in [5.74, 6) is 1.00. The molecule has 2 aliphatic carbocycles. The van der Waals surface area contributed by atoms with E-state index in [1.165, 1.54) is 5.57 Å². The molecule has 3 aromatic heterocycles. The van der Waals surface area contributed by atoms with Gasteiger partial charge in [-0.2, -0.15) is 13.2 Å². The maximum absolute atomic E-state index is 13.8. The predicted molar refractivity (Wildman–Crippen MR) is 154 cm³/mol. The number of fused-ring (bicyclic) bond motifs is 1. The number of nitrogens with zero attached hydrogens (tertiary/aromatic N) is 4. The lowest BCUT2D eigenvalue weighted by molar-refractivity contribution is -0.136. The Hall–Kier alpha value is -3.68. The van der Waals surface area contributed by atoms with E-state index in [0.717, 1.165) is 90.7 Å². The van der Waals surface area contributed by atoms with Crippen LogP contribution in [0.2, 0.25) is 0 Å². The van der Waals surface area contributed by atoms with Crippen molar-refractivity contribution in [2.24, 2.45) is 5.41 Å². The second-order valence-electron chi connectivity index (χ2n) is 12.7. The molecule has 212 valence electrons. The molecule has 1 saturated carbocycles. The normalized spacial score (nSPS) is 19.4. The van der Waals surface area contributed by atoms with Gasteiger partial charge < -0.3 is 9.42 Å². The van der Waals surface area contributed by atoms with Crippen molar-refractivity contribution in [3.05, 3.63) is 76.4 Å². The number of hydrogen-bond donors (Lipinski definition) is 0. The average molecular weight is 559 g/mol. The van der Waals surface area contributed by atoms with E-state index >= 15 is 0 Å². The number of hydrogen-bond acceptors (Lipinski definition) is 5. The van der Waals surface area contributed by atoms with Crippen molar-refractivity contribution in [3.63, 3.8) is 0 Å². The number of piperidine rings is 1.